The molecule has 0 atom stereocenters. The van der Waals surface area contributed by atoms with Gasteiger partial charge < -0.3 is 10.2 Å². The van der Waals surface area contributed by atoms with E-state index in [1.165, 1.54) is 22.5 Å². The number of halogens is 2. The van der Waals surface area contributed by atoms with Crippen molar-refractivity contribution in [2.45, 2.75) is 11.4 Å². The van der Waals surface area contributed by atoms with Crippen LogP contribution in [0, 0.1) is 0 Å². The van der Waals surface area contributed by atoms with Gasteiger partial charge >= 0.3 is 0 Å². The molecule has 1 aliphatic rings. The molecule has 0 radical (unpaired) electrons. The summed E-state index contributed by atoms with van der Waals surface area (Å²) in [6.07, 6.45) is 0. The van der Waals surface area contributed by atoms with Crippen molar-refractivity contribution in [1.29, 1.82) is 0 Å². The highest BCUT2D eigenvalue weighted by Gasteiger charge is 2.29. The van der Waals surface area contributed by atoms with E-state index in [9.17, 15) is 13.2 Å². The van der Waals surface area contributed by atoms with Crippen LogP contribution in [-0.2, 0) is 16.6 Å². The summed E-state index contributed by atoms with van der Waals surface area (Å²) in [6.45, 7) is 2.39. The summed E-state index contributed by atoms with van der Waals surface area (Å²) in [6, 6.07) is 11.4. The lowest BCUT2D eigenvalue weighted by Gasteiger charge is -2.31. The van der Waals surface area contributed by atoms with Gasteiger partial charge in [-0.25, -0.2) is 8.42 Å². The highest BCUT2D eigenvalue weighted by Crippen LogP contribution is 2.26. The first-order chi connectivity index (χ1) is 13.3. The van der Waals surface area contributed by atoms with Gasteiger partial charge in [-0.15, -0.1) is 0 Å². The van der Waals surface area contributed by atoms with Crippen LogP contribution < -0.4 is 5.32 Å². The maximum absolute atomic E-state index is 13.0. The molecule has 1 N–H and O–H groups in total. The minimum absolute atomic E-state index is 0.0436. The van der Waals surface area contributed by atoms with Gasteiger partial charge in [0, 0.05) is 43.3 Å². The van der Waals surface area contributed by atoms with E-state index < -0.39 is 10.0 Å². The fraction of sp³-hybridized carbons (Fsp3) is 0.316. The summed E-state index contributed by atoms with van der Waals surface area (Å²) >= 11 is 12.0. The molecule has 0 saturated carbocycles. The molecular formula is C19H21Cl2N3O3S. The molecule has 1 fully saturated rings. The fourth-order valence-electron chi connectivity index (χ4n) is 2.90. The molecule has 0 unspecified atom stereocenters. The number of hydrogen-bond donors (Lipinski definition) is 1. The quantitative estimate of drug-likeness (QED) is 0.774. The average Bonchev–Trinajstić information content (AvgIpc) is 2.68. The monoisotopic (exact) mass is 441 g/mol. The van der Waals surface area contributed by atoms with Gasteiger partial charge in [-0.3, -0.25) is 4.79 Å². The van der Waals surface area contributed by atoms with Crippen LogP contribution in [0.15, 0.2) is 47.4 Å². The predicted molar refractivity (Wildman–Crippen MR) is 110 cm³/mol. The smallest absolute Gasteiger partial charge is 0.251 e. The molecule has 1 amide bonds. The topological polar surface area (TPSA) is 69.7 Å². The van der Waals surface area contributed by atoms with E-state index in [0.717, 1.165) is 5.56 Å². The summed E-state index contributed by atoms with van der Waals surface area (Å²) in [5.41, 5.74) is 1.13. The number of rotatable bonds is 5. The number of nitrogens with zero attached hydrogens (tertiary/aromatic N) is 2. The zero-order valence-corrected chi connectivity index (χ0v) is 17.7. The van der Waals surface area contributed by atoms with Crippen LogP contribution in [0.4, 0.5) is 0 Å². The lowest BCUT2D eigenvalue weighted by atomic mass is 10.2. The van der Waals surface area contributed by atoms with E-state index in [2.05, 4.69) is 10.2 Å². The Hall–Kier alpha value is -1.64. The van der Waals surface area contributed by atoms with Gasteiger partial charge in [0.25, 0.3) is 5.91 Å². The summed E-state index contributed by atoms with van der Waals surface area (Å²) in [5, 5.41) is 3.50. The van der Waals surface area contributed by atoms with Crippen molar-refractivity contribution in [3.05, 3.63) is 63.6 Å². The van der Waals surface area contributed by atoms with Crippen LogP contribution in [0.3, 0.4) is 0 Å². The lowest BCUT2D eigenvalue weighted by Crippen LogP contribution is -2.47. The second kappa shape index (κ2) is 8.80. The predicted octanol–water partition coefficient (Wildman–Crippen LogP) is 2.86. The van der Waals surface area contributed by atoms with E-state index in [0.29, 0.717) is 37.7 Å². The third kappa shape index (κ3) is 4.85. The Balaban J connectivity index is 1.76. The van der Waals surface area contributed by atoms with Crippen molar-refractivity contribution in [3.8, 4) is 0 Å². The Morgan fingerprint density at radius 3 is 2.32 bits per heavy atom. The molecule has 9 heteroatoms. The first-order valence-corrected chi connectivity index (χ1v) is 11.0. The molecule has 6 nitrogen and oxygen atoms in total. The first kappa shape index (κ1) is 21.1. The van der Waals surface area contributed by atoms with Crippen LogP contribution in [0.5, 0.6) is 0 Å². The van der Waals surface area contributed by atoms with Crippen LogP contribution in [0.25, 0.3) is 0 Å². The second-order valence-electron chi connectivity index (χ2n) is 6.66. The van der Waals surface area contributed by atoms with E-state index in [-0.39, 0.29) is 21.4 Å². The van der Waals surface area contributed by atoms with Crippen molar-refractivity contribution >= 4 is 39.1 Å². The van der Waals surface area contributed by atoms with Crippen LogP contribution in [0.2, 0.25) is 10.0 Å². The molecule has 0 aliphatic carbocycles. The molecule has 0 bridgehead atoms. The van der Waals surface area contributed by atoms with Gasteiger partial charge in [-0.05, 0) is 42.9 Å². The maximum Gasteiger partial charge on any atom is 0.251 e. The highest BCUT2D eigenvalue weighted by atomic mass is 35.5. The Morgan fingerprint density at radius 2 is 1.68 bits per heavy atom. The average molecular weight is 442 g/mol. The van der Waals surface area contributed by atoms with Crippen molar-refractivity contribution in [2.75, 3.05) is 33.2 Å². The van der Waals surface area contributed by atoms with E-state index in [1.807, 2.05) is 19.2 Å². The van der Waals surface area contributed by atoms with Gasteiger partial charge in [0.2, 0.25) is 10.0 Å². The van der Waals surface area contributed by atoms with E-state index in [1.54, 1.807) is 12.1 Å². The Kier molecular flexibility index (Phi) is 6.62. The number of likely N-dealkylation sites (N-methyl/N-ethyl adjacent to an activating group) is 1. The number of hydrogen-bond acceptors (Lipinski definition) is 4. The Morgan fingerprint density at radius 1 is 1.04 bits per heavy atom. The Bertz CT molecular complexity index is 957. The van der Waals surface area contributed by atoms with Gasteiger partial charge in [0.1, 0.15) is 4.90 Å². The molecule has 1 heterocycles. The van der Waals surface area contributed by atoms with Gasteiger partial charge in [0.15, 0.2) is 0 Å². The number of carbonyl (C=O) groups excluding carboxylic acids is 1. The summed E-state index contributed by atoms with van der Waals surface area (Å²) < 4.78 is 27.4. The molecule has 3 rings (SSSR count). The second-order valence-corrected chi connectivity index (χ2v) is 9.41. The van der Waals surface area contributed by atoms with Gasteiger partial charge in [0.05, 0.1) is 5.02 Å². The molecule has 2 aromatic rings. The largest absolute Gasteiger partial charge is 0.348 e. The van der Waals surface area contributed by atoms with Crippen LogP contribution in [-0.4, -0.2) is 56.8 Å². The standard InChI is InChI=1S/C19H21Cl2N3O3S/c1-23-8-10-24(11-9-23)28(26,27)18-12-15(4-7-17(18)21)19(25)22-13-14-2-5-16(20)6-3-14/h2-7,12H,8-11,13H2,1H3,(H,22,25). The third-order valence-corrected chi connectivity index (χ3v) is 7.27. The maximum atomic E-state index is 13.0. The van der Waals surface area contributed by atoms with Crippen LogP contribution in [0.1, 0.15) is 15.9 Å². The number of nitrogens with one attached hydrogen (secondary N) is 1. The van der Waals surface area contributed by atoms with Crippen molar-refractivity contribution in [2.24, 2.45) is 0 Å². The van der Waals surface area contributed by atoms with Crippen molar-refractivity contribution < 1.29 is 13.2 Å². The van der Waals surface area contributed by atoms with Gasteiger partial charge in [-0.2, -0.15) is 4.31 Å². The molecular weight excluding hydrogens is 421 g/mol. The lowest BCUT2D eigenvalue weighted by molar-refractivity contribution is 0.0950. The number of carbonyl (C=O) groups is 1. The third-order valence-electron chi connectivity index (χ3n) is 4.64. The molecule has 1 saturated heterocycles. The number of piperazine rings is 1. The normalized spacial score (nSPS) is 16.1. The minimum atomic E-state index is -3.76. The highest BCUT2D eigenvalue weighted by molar-refractivity contribution is 7.89. The SMILES string of the molecule is CN1CCN(S(=O)(=O)c2cc(C(=O)NCc3ccc(Cl)cc3)ccc2Cl)CC1. The minimum Gasteiger partial charge on any atom is -0.348 e. The molecule has 0 aromatic heterocycles. The fourth-order valence-corrected chi connectivity index (χ4v) is 4.95. The van der Waals surface area contributed by atoms with E-state index >= 15 is 0 Å². The summed E-state index contributed by atoms with van der Waals surface area (Å²) in [4.78, 5) is 14.5. The van der Waals surface area contributed by atoms with Crippen LogP contribution >= 0.6 is 23.2 Å². The number of sulfonamides is 1. The zero-order valence-electron chi connectivity index (χ0n) is 15.4. The zero-order chi connectivity index (χ0) is 20.3. The molecule has 2 aromatic carbocycles. The van der Waals surface area contributed by atoms with Gasteiger partial charge in [-0.1, -0.05) is 35.3 Å². The Labute approximate surface area is 175 Å². The van der Waals surface area contributed by atoms with Crippen molar-refractivity contribution in [3.63, 3.8) is 0 Å². The van der Waals surface area contributed by atoms with Crippen molar-refractivity contribution in [1.82, 2.24) is 14.5 Å². The summed E-state index contributed by atoms with van der Waals surface area (Å²) in [5.74, 6) is -0.374. The number of benzene rings is 2. The first-order valence-electron chi connectivity index (χ1n) is 8.78. The number of amides is 1. The van der Waals surface area contributed by atoms with E-state index in [4.69, 9.17) is 23.2 Å². The molecule has 150 valence electrons. The molecule has 1 aliphatic heterocycles. The molecule has 0 spiro atoms. The molecule has 28 heavy (non-hydrogen) atoms. The summed E-state index contributed by atoms with van der Waals surface area (Å²) in [7, 11) is -1.82.